The number of phenolic OH excluding ortho intramolecular Hbond substituents is 2. The molecule has 12 heteroatoms. The molecule has 8 atom stereocenters. The molecular formula is C28H30O12. The quantitative estimate of drug-likeness (QED) is 0.245. The molecule has 0 bridgehead atoms. The number of aliphatic hydroxyl groups excluding tert-OH is 4. The van der Waals surface area contributed by atoms with Crippen molar-refractivity contribution in [3.63, 3.8) is 0 Å². The van der Waals surface area contributed by atoms with E-state index in [4.69, 9.17) is 9.47 Å². The van der Waals surface area contributed by atoms with Crippen LogP contribution >= 0.6 is 0 Å². The molecule has 0 radical (unpaired) electrons. The fourth-order valence-corrected chi connectivity index (χ4v) is 6.24. The highest BCUT2D eigenvalue weighted by Crippen LogP contribution is 2.50. The minimum Gasteiger partial charge on any atom is -0.507 e. The van der Waals surface area contributed by atoms with E-state index in [1.807, 2.05) is 0 Å². The van der Waals surface area contributed by atoms with Crippen LogP contribution in [0.25, 0.3) is 10.8 Å². The number of Topliss-reactive ketones (excluding diaryl/α,β-unsaturated/α-hetero) is 3. The van der Waals surface area contributed by atoms with Crippen molar-refractivity contribution in [1.82, 2.24) is 0 Å². The first-order valence-corrected chi connectivity index (χ1v) is 12.8. The number of aliphatic hydroxyl groups is 5. The Morgan fingerprint density at radius 3 is 2.50 bits per heavy atom. The summed E-state index contributed by atoms with van der Waals surface area (Å²) in [5, 5.41) is 74.7. The van der Waals surface area contributed by atoms with Crippen molar-refractivity contribution in [3.8, 4) is 11.5 Å². The van der Waals surface area contributed by atoms with E-state index in [1.54, 1.807) is 18.2 Å². The Balaban J connectivity index is 1.66. The van der Waals surface area contributed by atoms with Crippen molar-refractivity contribution in [2.45, 2.75) is 68.6 Å². The van der Waals surface area contributed by atoms with Crippen LogP contribution in [0.15, 0.2) is 35.9 Å². The van der Waals surface area contributed by atoms with Crippen LogP contribution in [0.4, 0.5) is 0 Å². The summed E-state index contributed by atoms with van der Waals surface area (Å²) in [7, 11) is 0. The lowest BCUT2D eigenvalue weighted by Crippen LogP contribution is -2.66. The summed E-state index contributed by atoms with van der Waals surface area (Å²) < 4.78 is 11.8. The average molecular weight is 559 g/mol. The molecule has 8 unspecified atom stereocenters. The molecule has 1 aliphatic heterocycles. The van der Waals surface area contributed by atoms with Crippen LogP contribution in [0.3, 0.4) is 0 Å². The van der Waals surface area contributed by atoms with Gasteiger partial charge in [0.05, 0.1) is 29.3 Å². The van der Waals surface area contributed by atoms with Crippen molar-refractivity contribution in [1.29, 1.82) is 0 Å². The Labute approximate surface area is 227 Å². The monoisotopic (exact) mass is 558 g/mol. The SMILES string of the molecule is CC(=O)C1=CC2(OC3CC(O)C(O)(C(=O)CO)C(C)O3)C(=O)c3c(cc4cccc(O)c4c3O)CC2C(O)C1O. The van der Waals surface area contributed by atoms with E-state index in [0.29, 0.717) is 10.9 Å². The second kappa shape index (κ2) is 9.70. The predicted molar refractivity (Wildman–Crippen MR) is 135 cm³/mol. The minimum atomic E-state index is -2.47. The molecule has 2 aromatic rings. The number of hydrogen-bond acceptors (Lipinski definition) is 12. The Morgan fingerprint density at radius 1 is 1.18 bits per heavy atom. The molecule has 40 heavy (non-hydrogen) atoms. The largest absolute Gasteiger partial charge is 0.507 e. The molecule has 0 spiro atoms. The number of hydrogen-bond donors (Lipinski definition) is 7. The summed E-state index contributed by atoms with van der Waals surface area (Å²) >= 11 is 0. The Morgan fingerprint density at radius 2 is 1.88 bits per heavy atom. The van der Waals surface area contributed by atoms with Crippen LogP contribution in [0.2, 0.25) is 0 Å². The summed E-state index contributed by atoms with van der Waals surface area (Å²) in [4.78, 5) is 39.0. The number of carbonyl (C=O) groups excluding carboxylic acids is 3. The summed E-state index contributed by atoms with van der Waals surface area (Å²) in [6, 6.07) is 6.07. The smallest absolute Gasteiger partial charge is 0.203 e. The van der Waals surface area contributed by atoms with Crippen molar-refractivity contribution in [2.24, 2.45) is 5.92 Å². The third-order valence-electron chi connectivity index (χ3n) is 8.42. The number of fused-ring (bicyclic) bond motifs is 3. The maximum atomic E-state index is 14.3. The number of ether oxygens (including phenoxy) is 2. The fourth-order valence-electron chi connectivity index (χ4n) is 6.24. The summed E-state index contributed by atoms with van der Waals surface area (Å²) in [5.41, 5.74) is -4.92. The predicted octanol–water partition coefficient (Wildman–Crippen LogP) is -0.600. The fraction of sp³-hybridized carbons (Fsp3) is 0.464. The number of ketones is 3. The van der Waals surface area contributed by atoms with Crippen molar-refractivity contribution < 1.29 is 59.6 Å². The van der Waals surface area contributed by atoms with Crippen molar-refractivity contribution >= 4 is 28.1 Å². The van der Waals surface area contributed by atoms with Gasteiger partial charge in [0, 0.05) is 17.9 Å². The lowest BCUT2D eigenvalue weighted by atomic mass is 9.63. The zero-order chi connectivity index (χ0) is 29.3. The van der Waals surface area contributed by atoms with Gasteiger partial charge in [0.15, 0.2) is 29.1 Å². The zero-order valence-electron chi connectivity index (χ0n) is 21.6. The van der Waals surface area contributed by atoms with Gasteiger partial charge in [-0.3, -0.25) is 14.4 Å². The van der Waals surface area contributed by atoms with Crippen molar-refractivity contribution in [2.75, 3.05) is 6.61 Å². The van der Waals surface area contributed by atoms with E-state index < -0.39 is 84.0 Å². The van der Waals surface area contributed by atoms with Gasteiger partial charge in [0.2, 0.25) is 5.78 Å². The molecule has 1 saturated heterocycles. The number of carbonyl (C=O) groups is 3. The van der Waals surface area contributed by atoms with Crippen LogP contribution in [-0.4, -0.2) is 102 Å². The van der Waals surface area contributed by atoms with Gasteiger partial charge in [-0.1, -0.05) is 18.2 Å². The highest BCUT2D eigenvalue weighted by atomic mass is 16.7. The summed E-state index contributed by atoms with van der Waals surface area (Å²) in [6.45, 7) is 1.32. The van der Waals surface area contributed by atoms with Crippen LogP contribution in [-0.2, 0) is 25.5 Å². The van der Waals surface area contributed by atoms with Crippen LogP contribution < -0.4 is 0 Å². The van der Waals surface area contributed by atoms with E-state index in [2.05, 4.69) is 0 Å². The van der Waals surface area contributed by atoms with E-state index in [1.165, 1.54) is 13.0 Å². The standard InChI is InChI=1S/C28H30O12/c1-11(30)15-9-27(40-20-8-18(32)28(38,12(2)39-20)19(33)10-29)16(24(35)23(15)34)7-14-6-13-4-3-5-17(31)21(13)25(36)22(14)26(27)37/h3-6,9,12,16,18,20,23-24,29,31-32,34-36,38H,7-8,10H2,1-2H3. The van der Waals surface area contributed by atoms with E-state index >= 15 is 0 Å². The maximum Gasteiger partial charge on any atom is 0.203 e. The Hall–Kier alpha value is -3.23. The average Bonchev–Trinajstić information content (AvgIpc) is 2.89. The Kier molecular flexibility index (Phi) is 6.86. The normalized spacial score (nSPS) is 35.6. The molecule has 3 aliphatic rings. The van der Waals surface area contributed by atoms with Crippen LogP contribution in [0.1, 0.15) is 36.2 Å². The lowest BCUT2D eigenvalue weighted by molar-refractivity contribution is -0.297. The second-order valence-corrected chi connectivity index (χ2v) is 10.6. The molecular weight excluding hydrogens is 528 g/mol. The number of phenols is 2. The highest BCUT2D eigenvalue weighted by molar-refractivity contribution is 6.14. The summed E-state index contributed by atoms with van der Waals surface area (Å²) in [6.07, 6.45) is -7.59. The molecule has 1 heterocycles. The molecule has 7 N–H and O–H groups in total. The van der Waals surface area contributed by atoms with Crippen LogP contribution in [0.5, 0.6) is 11.5 Å². The minimum absolute atomic E-state index is 0.000837. The molecule has 2 aliphatic carbocycles. The molecule has 214 valence electrons. The topological polar surface area (TPSA) is 211 Å². The zero-order valence-corrected chi connectivity index (χ0v) is 21.6. The second-order valence-electron chi connectivity index (χ2n) is 10.6. The van der Waals surface area contributed by atoms with E-state index in [0.717, 1.165) is 13.0 Å². The molecule has 0 amide bonds. The first kappa shape index (κ1) is 28.3. The van der Waals surface area contributed by atoms with Gasteiger partial charge in [-0.2, -0.15) is 0 Å². The van der Waals surface area contributed by atoms with Gasteiger partial charge in [-0.15, -0.1) is 0 Å². The van der Waals surface area contributed by atoms with E-state index in [9.17, 15) is 50.1 Å². The Bertz CT molecular complexity index is 1430. The van der Waals surface area contributed by atoms with Gasteiger partial charge in [-0.05, 0) is 43.4 Å². The molecule has 2 aromatic carbocycles. The number of rotatable bonds is 5. The lowest BCUT2D eigenvalue weighted by Gasteiger charge is -2.51. The van der Waals surface area contributed by atoms with Crippen LogP contribution in [0, 0.1) is 5.92 Å². The number of aromatic hydroxyl groups is 2. The first-order chi connectivity index (χ1) is 18.8. The van der Waals surface area contributed by atoms with Gasteiger partial charge in [0.1, 0.15) is 24.2 Å². The van der Waals surface area contributed by atoms with Crippen molar-refractivity contribution in [3.05, 3.63) is 47.0 Å². The molecule has 12 nitrogen and oxygen atoms in total. The van der Waals surface area contributed by atoms with Gasteiger partial charge < -0.3 is 45.2 Å². The molecule has 0 aromatic heterocycles. The van der Waals surface area contributed by atoms with Gasteiger partial charge in [0.25, 0.3) is 0 Å². The third kappa shape index (κ3) is 3.90. The first-order valence-electron chi connectivity index (χ1n) is 12.8. The maximum absolute atomic E-state index is 14.3. The van der Waals surface area contributed by atoms with Gasteiger partial charge >= 0.3 is 0 Å². The molecule has 1 fully saturated rings. The summed E-state index contributed by atoms with van der Waals surface area (Å²) in [5.74, 6) is -4.68. The number of benzene rings is 2. The third-order valence-corrected chi connectivity index (χ3v) is 8.42. The highest BCUT2D eigenvalue weighted by Gasteiger charge is 2.61. The van der Waals surface area contributed by atoms with E-state index in [-0.39, 0.29) is 28.7 Å². The molecule has 0 saturated carbocycles. The van der Waals surface area contributed by atoms with Gasteiger partial charge in [-0.25, -0.2) is 0 Å². The molecule has 5 rings (SSSR count).